The first-order chi connectivity index (χ1) is 13.3. The number of hydrogen-bond acceptors (Lipinski definition) is 4. The van der Waals surface area contributed by atoms with Gasteiger partial charge in [-0.1, -0.05) is 49.7 Å². The molecule has 0 radical (unpaired) electrons. The minimum atomic E-state index is -0.822. The van der Waals surface area contributed by atoms with Crippen molar-refractivity contribution in [2.24, 2.45) is 5.10 Å². The van der Waals surface area contributed by atoms with E-state index in [0.717, 1.165) is 16.9 Å². The topological polar surface area (TPSA) is 73.8 Å². The molecule has 0 unspecified atom stereocenters. The fraction of sp³-hybridized carbons (Fsp3) is 0.227. The summed E-state index contributed by atoms with van der Waals surface area (Å²) in [5, 5.41) is 6.42. The van der Waals surface area contributed by atoms with E-state index in [2.05, 4.69) is 46.7 Å². The van der Waals surface area contributed by atoms with Crippen LogP contribution in [0.15, 0.2) is 65.4 Å². The highest BCUT2D eigenvalue weighted by atomic mass is 16.2. The van der Waals surface area contributed by atoms with Crippen LogP contribution in [0.4, 0.5) is 11.4 Å². The van der Waals surface area contributed by atoms with Gasteiger partial charge in [-0.15, -0.1) is 0 Å². The van der Waals surface area contributed by atoms with Crippen LogP contribution < -0.4 is 15.6 Å². The Balaban J connectivity index is 1.62. The average Bonchev–Trinajstić information content (AvgIpc) is 2.87. The number of carbonyl (C=O) groups is 2. The fourth-order valence-electron chi connectivity index (χ4n) is 3.38. The Bertz CT molecular complexity index is 959. The zero-order valence-electron chi connectivity index (χ0n) is 16.5. The summed E-state index contributed by atoms with van der Waals surface area (Å²) in [5.74, 6) is -1.59. The Morgan fingerprint density at radius 2 is 1.71 bits per heavy atom. The van der Waals surface area contributed by atoms with Crippen molar-refractivity contribution in [2.75, 3.05) is 17.3 Å². The Morgan fingerprint density at radius 3 is 2.39 bits per heavy atom. The van der Waals surface area contributed by atoms with Crippen LogP contribution in [-0.2, 0) is 15.0 Å². The standard InChI is InChI=1S/C22H24N4O2/c1-15-9-11-16(12-10-15)24-20(27)21(28)25-23-14-13-19-22(2,3)17-7-5-6-8-18(17)26(19)4/h5-14H,1-4H3,(H,24,27)(H,25,28)/b19-13-,23-14-. The van der Waals surface area contributed by atoms with Gasteiger partial charge in [-0.05, 0) is 36.8 Å². The lowest BCUT2D eigenvalue weighted by Gasteiger charge is -2.23. The van der Waals surface area contributed by atoms with Gasteiger partial charge in [0.2, 0.25) is 0 Å². The predicted octanol–water partition coefficient (Wildman–Crippen LogP) is 3.35. The number of hydrogen-bond donors (Lipinski definition) is 2. The van der Waals surface area contributed by atoms with E-state index in [-0.39, 0.29) is 5.41 Å². The lowest BCUT2D eigenvalue weighted by molar-refractivity contribution is -0.136. The van der Waals surface area contributed by atoms with E-state index in [1.165, 1.54) is 11.8 Å². The van der Waals surface area contributed by atoms with E-state index in [9.17, 15) is 9.59 Å². The predicted molar refractivity (Wildman–Crippen MR) is 112 cm³/mol. The molecule has 1 heterocycles. The summed E-state index contributed by atoms with van der Waals surface area (Å²) >= 11 is 0. The molecule has 3 rings (SSSR count). The first kappa shape index (κ1) is 19.4. The van der Waals surface area contributed by atoms with E-state index in [0.29, 0.717) is 5.69 Å². The van der Waals surface area contributed by atoms with E-state index in [1.807, 2.05) is 44.3 Å². The normalized spacial score (nSPS) is 16.3. The summed E-state index contributed by atoms with van der Waals surface area (Å²) in [6.07, 6.45) is 3.34. The molecule has 0 bridgehead atoms. The summed E-state index contributed by atoms with van der Waals surface area (Å²) in [6.45, 7) is 6.23. The van der Waals surface area contributed by atoms with Crippen molar-refractivity contribution in [3.63, 3.8) is 0 Å². The molecule has 1 aliphatic rings. The molecule has 0 saturated carbocycles. The van der Waals surface area contributed by atoms with Gasteiger partial charge >= 0.3 is 11.8 Å². The SMILES string of the molecule is Cc1ccc(NC(=O)C(=O)N/N=C\C=C2/N(C)c3ccccc3C2(C)C)cc1. The molecule has 2 N–H and O–H groups in total. The van der Waals surface area contributed by atoms with Gasteiger partial charge in [0.25, 0.3) is 0 Å². The first-order valence-electron chi connectivity index (χ1n) is 9.06. The number of allylic oxidation sites excluding steroid dienone is 2. The number of aryl methyl sites for hydroxylation is 1. The third-order valence-corrected chi connectivity index (χ3v) is 4.93. The number of anilines is 2. The van der Waals surface area contributed by atoms with Gasteiger partial charge in [-0.3, -0.25) is 9.59 Å². The smallest absolute Gasteiger partial charge is 0.329 e. The third-order valence-electron chi connectivity index (χ3n) is 4.93. The van der Waals surface area contributed by atoms with Crippen molar-refractivity contribution in [1.29, 1.82) is 0 Å². The highest BCUT2D eigenvalue weighted by Crippen LogP contribution is 2.46. The number of carbonyl (C=O) groups excluding carboxylic acids is 2. The van der Waals surface area contributed by atoms with E-state index >= 15 is 0 Å². The summed E-state index contributed by atoms with van der Waals surface area (Å²) in [7, 11) is 2.00. The Hall–Kier alpha value is -3.41. The quantitative estimate of drug-likeness (QED) is 0.490. The van der Waals surface area contributed by atoms with Crippen LogP contribution in [0.1, 0.15) is 25.0 Å². The second-order valence-electron chi connectivity index (χ2n) is 7.29. The van der Waals surface area contributed by atoms with Gasteiger partial charge in [-0.2, -0.15) is 5.10 Å². The summed E-state index contributed by atoms with van der Waals surface area (Å²) < 4.78 is 0. The zero-order valence-corrected chi connectivity index (χ0v) is 16.5. The monoisotopic (exact) mass is 376 g/mol. The van der Waals surface area contributed by atoms with Crippen LogP contribution in [0, 0.1) is 6.92 Å². The molecule has 0 saturated heterocycles. The van der Waals surface area contributed by atoms with Crippen LogP contribution in [0.2, 0.25) is 0 Å². The van der Waals surface area contributed by atoms with E-state index < -0.39 is 11.8 Å². The number of nitrogens with one attached hydrogen (secondary N) is 2. The molecule has 0 aromatic heterocycles. The van der Waals surface area contributed by atoms with Crippen LogP contribution >= 0.6 is 0 Å². The molecule has 6 nitrogen and oxygen atoms in total. The number of fused-ring (bicyclic) bond motifs is 1. The molecular formula is C22H24N4O2. The Morgan fingerprint density at radius 1 is 1.04 bits per heavy atom. The van der Waals surface area contributed by atoms with Gasteiger partial charge in [0.05, 0.1) is 0 Å². The van der Waals surface area contributed by atoms with Crippen molar-refractivity contribution < 1.29 is 9.59 Å². The molecule has 6 heteroatoms. The number of likely N-dealkylation sites (N-methyl/N-ethyl adjacent to an activating group) is 1. The molecule has 1 aliphatic heterocycles. The van der Waals surface area contributed by atoms with Crippen LogP contribution in [0.3, 0.4) is 0 Å². The largest absolute Gasteiger partial charge is 0.347 e. The van der Waals surface area contributed by atoms with Crippen LogP contribution in [0.5, 0.6) is 0 Å². The molecule has 0 spiro atoms. The second-order valence-corrected chi connectivity index (χ2v) is 7.29. The van der Waals surface area contributed by atoms with E-state index in [4.69, 9.17) is 0 Å². The van der Waals surface area contributed by atoms with Gasteiger partial charge in [0.15, 0.2) is 0 Å². The maximum absolute atomic E-state index is 11.9. The maximum Gasteiger partial charge on any atom is 0.329 e. The summed E-state index contributed by atoms with van der Waals surface area (Å²) in [5.41, 5.74) is 7.14. The van der Waals surface area contributed by atoms with Gasteiger partial charge in [-0.25, -0.2) is 5.43 Å². The highest BCUT2D eigenvalue weighted by molar-refractivity contribution is 6.39. The number of benzene rings is 2. The molecular weight excluding hydrogens is 352 g/mol. The zero-order chi connectivity index (χ0) is 20.3. The summed E-state index contributed by atoms with van der Waals surface area (Å²) in [6, 6.07) is 15.4. The molecule has 28 heavy (non-hydrogen) atoms. The molecule has 2 amide bonds. The molecule has 2 aromatic rings. The van der Waals surface area contributed by atoms with Crippen molar-refractivity contribution in [3.8, 4) is 0 Å². The lowest BCUT2D eigenvalue weighted by Crippen LogP contribution is -2.32. The molecule has 0 aliphatic carbocycles. The van der Waals surface area contributed by atoms with Crippen LogP contribution in [0.25, 0.3) is 0 Å². The van der Waals surface area contributed by atoms with Crippen molar-refractivity contribution >= 4 is 29.4 Å². The molecule has 0 atom stereocenters. The van der Waals surface area contributed by atoms with Gasteiger partial charge in [0.1, 0.15) is 0 Å². The second kappa shape index (κ2) is 7.68. The van der Waals surface area contributed by atoms with Crippen molar-refractivity contribution in [2.45, 2.75) is 26.2 Å². The Labute approximate surface area is 164 Å². The average molecular weight is 376 g/mol. The van der Waals surface area contributed by atoms with Crippen molar-refractivity contribution in [3.05, 3.63) is 71.4 Å². The minimum absolute atomic E-state index is 0.176. The maximum atomic E-state index is 11.9. The number of rotatable bonds is 3. The molecule has 144 valence electrons. The Kier molecular flexibility index (Phi) is 5.31. The van der Waals surface area contributed by atoms with Gasteiger partial charge in [0, 0.05) is 35.7 Å². The first-order valence-corrected chi connectivity index (χ1v) is 9.06. The molecule has 0 fully saturated rings. The molecule has 2 aromatic carbocycles. The van der Waals surface area contributed by atoms with Crippen molar-refractivity contribution in [1.82, 2.24) is 5.43 Å². The number of hydrazone groups is 1. The summed E-state index contributed by atoms with van der Waals surface area (Å²) in [4.78, 5) is 25.9. The minimum Gasteiger partial charge on any atom is -0.347 e. The number of amides is 2. The van der Waals surface area contributed by atoms with Crippen LogP contribution in [-0.4, -0.2) is 25.1 Å². The van der Waals surface area contributed by atoms with E-state index in [1.54, 1.807) is 12.1 Å². The lowest BCUT2D eigenvalue weighted by atomic mass is 9.84. The highest BCUT2D eigenvalue weighted by Gasteiger charge is 2.37. The van der Waals surface area contributed by atoms with Gasteiger partial charge < -0.3 is 10.2 Å². The third kappa shape index (κ3) is 3.81. The number of nitrogens with zero attached hydrogens (tertiary/aromatic N) is 2. The number of para-hydroxylation sites is 1. The fourth-order valence-corrected chi connectivity index (χ4v) is 3.38.